The number of aliphatic hydroxyl groups excluding tert-OH is 1. The average molecular weight is 259 g/mol. The fourth-order valence-electron chi connectivity index (χ4n) is 1.96. The van der Waals surface area contributed by atoms with Gasteiger partial charge in [0.2, 0.25) is 0 Å². The number of carbonyl (C=O) groups excluding carboxylic acids is 1. The Morgan fingerprint density at radius 2 is 2.06 bits per heavy atom. The molecule has 1 unspecified atom stereocenters. The molecule has 5 nitrogen and oxygen atoms in total. The summed E-state index contributed by atoms with van der Waals surface area (Å²) < 4.78 is 10.5. The molecule has 0 aromatic rings. The van der Waals surface area contributed by atoms with E-state index < -0.39 is 6.09 Å². The maximum Gasteiger partial charge on any atom is 0.406 e. The normalized spacial score (nSPS) is 25.2. The molecule has 0 bridgehead atoms. The van der Waals surface area contributed by atoms with E-state index in [0.29, 0.717) is 6.54 Å². The van der Waals surface area contributed by atoms with E-state index in [-0.39, 0.29) is 23.7 Å². The van der Waals surface area contributed by atoms with E-state index in [1.807, 2.05) is 0 Å². The average Bonchev–Trinajstić information content (AvgIpc) is 2.23. The number of carbonyl (C=O) groups is 1. The fourth-order valence-corrected chi connectivity index (χ4v) is 1.96. The van der Waals surface area contributed by atoms with Gasteiger partial charge in [0.15, 0.2) is 0 Å². The van der Waals surface area contributed by atoms with E-state index in [0.717, 1.165) is 19.3 Å². The largest absolute Gasteiger partial charge is 0.453 e. The third kappa shape index (κ3) is 4.82. The van der Waals surface area contributed by atoms with Crippen molar-refractivity contribution in [3.05, 3.63) is 0 Å². The third-order valence-corrected chi connectivity index (χ3v) is 3.25. The van der Waals surface area contributed by atoms with Crippen molar-refractivity contribution in [2.24, 2.45) is 5.41 Å². The summed E-state index contributed by atoms with van der Waals surface area (Å²) >= 11 is 0. The number of hydrogen-bond acceptors (Lipinski definition) is 4. The number of methoxy groups -OCH3 is 1. The highest BCUT2D eigenvalue weighted by atomic mass is 16.5. The van der Waals surface area contributed by atoms with Crippen LogP contribution in [0.25, 0.3) is 0 Å². The quantitative estimate of drug-likeness (QED) is 0.788. The summed E-state index contributed by atoms with van der Waals surface area (Å²) in [6.07, 6.45) is 1.78. The van der Waals surface area contributed by atoms with Gasteiger partial charge in [-0.1, -0.05) is 20.8 Å². The molecule has 2 N–H and O–H groups in total. The maximum absolute atomic E-state index is 11.0. The highest BCUT2D eigenvalue weighted by Crippen LogP contribution is 2.31. The lowest BCUT2D eigenvalue weighted by Crippen LogP contribution is -2.43. The zero-order valence-corrected chi connectivity index (χ0v) is 11.7. The monoisotopic (exact) mass is 259 g/mol. The first-order chi connectivity index (χ1) is 8.32. The van der Waals surface area contributed by atoms with Crippen LogP contribution < -0.4 is 5.32 Å². The number of aliphatic hydroxyl groups is 1. The van der Waals surface area contributed by atoms with Crippen LogP contribution in [0.1, 0.15) is 40.0 Å². The summed E-state index contributed by atoms with van der Waals surface area (Å²) in [5.74, 6) is 0. The van der Waals surface area contributed by atoms with Gasteiger partial charge in [0.05, 0.1) is 25.4 Å². The first-order valence-electron chi connectivity index (χ1n) is 6.48. The van der Waals surface area contributed by atoms with Crippen LogP contribution in [0, 0.1) is 5.41 Å². The van der Waals surface area contributed by atoms with Crippen LogP contribution in [0.4, 0.5) is 4.79 Å². The number of hydrogen-bond donors (Lipinski definition) is 2. The van der Waals surface area contributed by atoms with Gasteiger partial charge in [-0.15, -0.1) is 0 Å². The van der Waals surface area contributed by atoms with Crippen molar-refractivity contribution < 1.29 is 19.4 Å². The third-order valence-electron chi connectivity index (χ3n) is 3.25. The second-order valence-electron chi connectivity index (χ2n) is 5.95. The molecular formula is C13H25NO4. The number of ether oxygens (including phenoxy) is 2. The Balaban J connectivity index is 2.34. The van der Waals surface area contributed by atoms with E-state index in [1.165, 1.54) is 7.11 Å². The molecule has 1 atom stereocenters. The van der Waals surface area contributed by atoms with Gasteiger partial charge in [0, 0.05) is 6.54 Å². The lowest BCUT2D eigenvalue weighted by molar-refractivity contribution is -0.134. The number of nitrogens with one attached hydrogen (secondary N) is 1. The second kappa shape index (κ2) is 6.38. The Hall–Kier alpha value is -0.810. The van der Waals surface area contributed by atoms with Crippen molar-refractivity contribution in [1.82, 2.24) is 5.32 Å². The standard InChI is InChI=1S/C13H25NO4/c1-13(2,3)11(5-6-14-12(16)17-4)18-10-7-9(15)8-10/h9-11,15H,5-8H2,1-4H3,(H,14,16). The Kier molecular flexibility index (Phi) is 5.41. The molecule has 0 heterocycles. The van der Waals surface area contributed by atoms with E-state index >= 15 is 0 Å². The summed E-state index contributed by atoms with van der Waals surface area (Å²) in [4.78, 5) is 11.0. The summed E-state index contributed by atoms with van der Waals surface area (Å²) in [5.41, 5.74) is 0.0122. The molecule has 18 heavy (non-hydrogen) atoms. The smallest absolute Gasteiger partial charge is 0.406 e. The molecule has 1 aliphatic carbocycles. The SMILES string of the molecule is COC(=O)NCCC(OC1CC(O)C1)C(C)(C)C. The molecule has 1 amide bonds. The predicted octanol–water partition coefficient (Wildman–Crippen LogP) is 1.69. The van der Waals surface area contributed by atoms with E-state index in [1.54, 1.807) is 0 Å². The minimum Gasteiger partial charge on any atom is -0.453 e. The number of alkyl carbamates (subject to hydrolysis) is 1. The molecular weight excluding hydrogens is 234 g/mol. The first kappa shape index (κ1) is 15.2. The van der Waals surface area contributed by atoms with E-state index in [9.17, 15) is 9.90 Å². The number of amides is 1. The Labute approximate surface area is 109 Å². The Morgan fingerprint density at radius 3 is 2.50 bits per heavy atom. The molecule has 0 spiro atoms. The van der Waals surface area contributed by atoms with E-state index in [2.05, 4.69) is 30.8 Å². The molecule has 0 saturated heterocycles. The van der Waals surface area contributed by atoms with Crippen LogP contribution in [-0.4, -0.2) is 43.2 Å². The van der Waals surface area contributed by atoms with Crippen molar-refractivity contribution in [2.45, 2.75) is 58.3 Å². The fraction of sp³-hybridized carbons (Fsp3) is 0.923. The molecule has 0 aliphatic heterocycles. The Bertz CT molecular complexity index is 269. The predicted molar refractivity (Wildman–Crippen MR) is 68.4 cm³/mol. The van der Waals surface area contributed by atoms with Crippen LogP contribution >= 0.6 is 0 Å². The summed E-state index contributed by atoms with van der Waals surface area (Å²) in [5, 5.41) is 11.9. The maximum atomic E-state index is 11.0. The molecule has 0 aromatic heterocycles. The lowest BCUT2D eigenvalue weighted by Gasteiger charge is -2.39. The molecule has 1 rings (SSSR count). The molecule has 1 saturated carbocycles. The minimum atomic E-state index is -0.415. The van der Waals surface area contributed by atoms with Gasteiger partial charge >= 0.3 is 6.09 Å². The molecule has 1 aliphatic rings. The highest BCUT2D eigenvalue weighted by Gasteiger charge is 2.34. The van der Waals surface area contributed by atoms with Gasteiger partial charge in [-0.05, 0) is 24.7 Å². The van der Waals surface area contributed by atoms with Gasteiger partial charge in [-0.2, -0.15) is 0 Å². The van der Waals surface area contributed by atoms with Crippen molar-refractivity contribution in [1.29, 1.82) is 0 Å². The van der Waals surface area contributed by atoms with Gasteiger partial charge in [-0.25, -0.2) is 4.79 Å². The molecule has 5 heteroatoms. The zero-order valence-electron chi connectivity index (χ0n) is 11.7. The van der Waals surface area contributed by atoms with Crippen molar-refractivity contribution in [3.63, 3.8) is 0 Å². The van der Waals surface area contributed by atoms with Crippen LogP contribution in [0.5, 0.6) is 0 Å². The second-order valence-corrected chi connectivity index (χ2v) is 5.95. The van der Waals surface area contributed by atoms with Crippen LogP contribution in [0.15, 0.2) is 0 Å². The Morgan fingerprint density at radius 1 is 1.44 bits per heavy atom. The minimum absolute atomic E-state index is 0.0122. The lowest BCUT2D eigenvalue weighted by atomic mass is 9.85. The summed E-state index contributed by atoms with van der Waals surface area (Å²) in [6, 6.07) is 0. The van der Waals surface area contributed by atoms with Gasteiger partial charge in [0.1, 0.15) is 0 Å². The summed E-state index contributed by atoms with van der Waals surface area (Å²) in [6.45, 7) is 6.88. The first-order valence-corrected chi connectivity index (χ1v) is 6.48. The zero-order chi connectivity index (χ0) is 13.8. The molecule has 0 aromatic carbocycles. The van der Waals surface area contributed by atoms with Crippen molar-refractivity contribution in [2.75, 3.05) is 13.7 Å². The number of rotatable bonds is 5. The van der Waals surface area contributed by atoms with Crippen LogP contribution in [-0.2, 0) is 9.47 Å². The topological polar surface area (TPSA) is 67.8 Å². The van der Waals surface area contributed by atoms with Crippen molar-refractivity contribution >= 4 is 6.09 Å². The molecule has 106 valence electrons. The summed E-state index contributed by atoms with van der Waals surface area (Å²) in [7, 11) is 1.35. The van der Waals surface area contributed by atoms with Gasteiger partial charge in [0.25, 0.3) is 0 Å². The van der Waals surface area contributed by atoms with Crippen LogP contribution in [0.3, 0.4) is 0 Å². The van der Waals surface area contributed by atoms with Gasteiger partial charge in [-0.3, -0.25) is 0 Å². The van der Waals surface area contributed by atoms with Crippen LogP contribution in [0.2, 0.25) is 0 Å². The highest BCUT2D eigenvalue weighted by molar-refractivity contribution is 5.66. The van der Waals surface area contributed by atoms with E-state index in [4.69, 9.17) is 4.74 Å². The van der Waals surface area contributed by atoms with Crippen molar-refractivity contribution in [3.8, 4) is 0 Å². The van der Waals surface area contributed by atoms with Gasteiger partial charge < -0.3 is 19.9 Å². The molecule has 0 radical (unpaired) electrons. The molecule has 1 fully saturated rings.